The molecule has 0 aromatic heterocycles. The van der Waals surface area contributed by atoms with Crippen LogP contribution in [0.15, 0.2) is 53.5 Å². The maximum Gasteiger partial charge on any atom is 0.190 e. The summed E-state index contributed by atoms with van der Waals surface area (Å²) in [5.74, 6) is 0.936. The lowest BCUT2D eigenvalue weighted by Crippen LogP contribution is -2.19. The van der Waals surface area contributed by atoms with E-state index in [4.69, 9.17) is 4.74 Å². The summed E-state index contributed by atoms with van der Waals surface area (Å²) in [4.78, 5) is 4.47. The van der Waals surface area contributed by atoms with Gasteiger partial charge in [0.2, 0.25) is 0 Å². The lowest BCUT2D eigenvalue weighted by molar-refractivity contribution is 0.310. The van der Waals surface area contributed by atoms with Gasteiger partial charge in [0.05, 0.1) is 12.5 Å². The number of nitrogens with zero attached hydrogens (tertiary/aromatic N) is 1. The van der Waals surface area contributed by atoms with Gasteiger partial charge in [-0.25, -0.2) is 0 Å². The molecule has 0 N–H and O–H groups in total. The van der Waals surface area contributed by atoms with Crippen LogP contribution in [0.2, 0.25) is 0 Å². The quantitative estimate of drug-likeness (QED) is 0.420. The number of hydrogen-bond donors (Lipinski definition) is 0. The molecule has 2 nitrogen and oxygen atoms in total. The maximum absolute atomic E-state index is 5.91. The first kappa shape index (κ1) is 22.2. The molecule has 0 aliphatic rings. The molecule has 0 aliphatic heterocycles. The first-order chi connectivity index (χ1) is 13.1. The summed E-state index contributed by atoms with van der Waals surface area (Å²) in [7, 11) is 1.82. The van der Waals surface area contributed by atoms with Crippen molar-refractivity contribution in [1.82, 2.24) is 0 Å². The van der Waals surface area contributed by atoms with Gasteiger partial charge in [0, 0.05) is 7.05 Å². The molecule has 2 aromatic carbocycles. The Morgan fingerprint density at radius 2 is 1.29 bits per heavy atom. The van der Waals surface area contributed by atoms with Crippen LogP contribution in [0.5, 0.6) is 0 Å². The van der Waals surface area contributed by atoms with Gasteiger partial charge in [-0.3, -0.25) is 4.99 Å². The van der Waals surface area contributed by atoms with Crippen molar-refractivity contribution in [2.24, 2.45) is 4.99 Å². The van der Waals surface area contributed by atoms with Gasteiger partial charge in [0.15, 0.2) is 5.90 Å². The minimum atomic E-state index is 0.124. The largest absolute Gasteiger partial charge is 0.481 e. The second-order valence-corrected chi connectivity index (χ2v) is 9.57. The fourth-order valence-corrected chi connectivity index (χ4v) is 3.41. The van der Waals surface area contributed by atoms with Gasteiger partial charge < -0.3 is 4.74 Å². The second-order valence-electron chi connectivity index (χ2n) is 9.57. The average molecular weight is 380 g/mol. The van der Waals surface area contributed by atoms with E-state index < -0.39 is 0 Å². The van der Waals surface area contributed by atoms with Crippen molar-refractivity contribution in [2.45, 2.75) is 71.6 Å². The highest BCUT2D eigenvalue weighted by Crippen LogP contribution is 2.29. The van der Waals surface area contributed by atoms with Crippen LogP contribution in [-0.4, -0.2) is 19.6 Å². The van der Waals surface area contributed by atoms with E-state index in [2.05, 4.69) is 95.1 Å². The van der Waals surface area contributed by atoms with Gasteiger partial charge in [-0.1, -0.05) is 90.1 Å². The molecule has 1 atom stereocenters. The molecule has 0 spiro atoms. The summed E-state index contributed by atoms with van der Waals surface area (Å²) in [5, 5.41) is 0. The minimum Gasteiger partial charge on any atom is -0.481 e. The van der Waals surface area contributed by atoms with Gasteiger partial charge in [-0.05, 0) is 46.4 Å². The Kier molecular flexibility index (Phi) is 7.09. The predicted molar refractivity (Wildman–Crippen MR) is 122 cm³/mol. The smallest absolute Gasteiger partial charge is 0.190 e. The average Bonchev–Trinajstić information content (AvgIpc) is 2.63. The lowest BCUT2D eigenvalue weighted by Gasteiger charge is -2.23. The maximum atomic E-state index is 5.91. The highest BCUT2D eigenvalue weighted by atomic mass is 16.5. The molecule has 0 saturated carbocycles. The van der Waals surface area contributed by atoms with Crippen LogP contribution >= 0.6 is 0 Å². The van der Waals surface area contributed by atoms with E-state index in [0.29, 0.717) is 6.61 Å². The van der Waals surface area contributed by atoms with Crippen molar-refractivity contribution in [3.05, 3.63) is 70.8 Å². The third-order valence-corrected chi connectivity index (χ3v) is 5.25. The van der Waals surface area contributed by atoms with E-state index in [1.165, 1.54) is 22.3 Å². The topological polar surface area (TPSA) is 21.6 Å². The van der Waals surface area contributed by atoms with Crippen molar-refractivity contribution < 1.29 is 4.74 Å². The van der Waals surface area contributed by atoms with E-state index in [0.717, 1.165) is 12.3 Å². The zero-order valence-corrected chi connectivity index (χ0v) is 19.0. The second kappa shape index (κ2) is 8.94. The molecule has 2 heteroatoms. The SMILES string of the molecule is CCOC(=NC)C(Cc1ccc(C(C)(C)C)cc1)c1ccc(C(C)(C)C)cc1. The monoisotopic (exact) mass is 379 g/mol. The van der Waals surface area contributed by atoms with Gasteiger partial charge in [0.25, 0.3) is 0 Å². The third kappa shape index (κ3) is 5.70. The van der Waals surface area contributed by atoms with Crippen molar-refractivity contribution in [2.75, 3.05) is 13.7 Å². The summed E-state index contributed by atoms with van der Waals surface area (Å²) in [6.45, 7) is 16.1. The molecule has 0 aliphatic carbocycles. The van der Waals surface area contributed by atoms with Gasteiger partial charge in [-0.15, -0.1) is 0 Å². The molecule has 0 heterocycles. The first-order valence-corrected chi connectivity index (χ1v) is 10.4. The van der Waals surface area contributed by atoms with E-state index in [1.807, 2.05) is 14.0 Å². The Hall–Kier alpha value is -2.09. The Bertz CT molecular complexity index is 771. The zero-order valence-electron chi connectivity index (χ0n) is 19.0. The number of hydrogen-bond acceptors (Lipinski definition) is 2. The van der Waals surface area contributed by atoms with Crippen LogP contribution in [0, 0.1) is 0 Å². The highest BCUT2D eigenvalue weighted by Gasteiger charge is 2.22. The van der Waals surface area contributed by atoms with Crippen LogP contribution in [0.4, 0.5) is 0 Å². The van der Waals surface area contributed by atoms with Gasteiger partial charge in [-0.2, -0.15) is 0 Å². The third-order valence-electron chi connectivity index (χ3n) is 5.25. The molecule has 0 saturated heterocycles. The molecule has 2 rings (SSSR count). The molecule has 0 fully saturated rings. The number of benzene rings is 2. The van der Waals surface area contributed by atoms with Crippen LogP contribution < -0.4 is 0 Å². The Morgan fingerprint density at radius 1 is 0.821 bits per heavy atom. The molecular weight excluding hydrogens is 342 g/mol. The highest BCUT2D eigenvalue weighted by molar-refractivity contribution is 5.84. The standard InChI is InChI=1S/C26H37NO/c1-9-28-24(27-8)23(20-12-16-22(17-13-20)26(5,6)7)18-19-10-14-21(15-11-19)25(2,3)4/h10-17,23H,9,18H2,1-8H3. The molecular formula is C26H37NO. The predicted octanol–water partition coefficient (Wildman–Crippen LogP) is 6.67. The Balaban J connectivity index is 2.35. The molecule has 1 unspecified atom stereocenters. The van der Waals surface area contributed by atoms with Crippen molar-refractivity contribution in [3.63, 3.8) is 0 Å². The fraction of sp³-hybridized carbons (Fsp3) is 0.500. The first-order valence-electron chi connectivity index (χ1n) is 10.4. The summed E-state index contributed by atoms with van der Waals surface area (Å²) in [5.41, 5.74) is 5.58. The summed E-state index contributed by atoms with van der Waals surface area (Å²) in [6.07, 6.45) is 0.881. The number of rotatable bonds is 5. The van der Waals surface area contributed by atoms with E-state index in [-0.39, 0.29) is 16.7 Å². The lowest BCUT2D eigenvalue weighted by atomic mass is 9.83. The minimum absolute atomic E-state index is 0.124. The Labute approximate surface area is 172 Å². The summed E-state index contributed by atoms with van der Waals surface area (Å²) < 4.78 is 5.91. The van der Waals surface area contributed by atoms with E-state index in [1.54, 1.807) is 0 Å². The Morgan fingerprint density at radius 3 is 1.68 bits per heavy atom. The molecule has 152 valence electrons. The number of ether oxygens (including phenoxy) is 1. The van der Waals surface area contributed by atoms with Gasteiger partial charge >= 0.3 is 0 Å². The molecule has 28 heavy (non-hydrogen) atoms. The normalized spacial score (nSPS) is 14.1. The van der Waals surface area contributed by atoms with Crippen LogP contribution in [0.1, 0.15) is 76.6 Å². The molecule has 0 bridgehead atoms. The summed E-state index contributed by atoms with van der Waals surface area (Å²) in [6, 6.07) is 17.9. The molecule has 0 radical (unpaired) electrons. The van der Waals surface area contributed by atoms with Crippen LogP contribution in [0.3, 0.4) is 0 Å². The fourth-order valence-electron chi connectivity index (χ4n) is 3.41. The van der Waals surface area contributed by atoms with Gasteiger partial charge in [0.1, 0.15) is 0 Å². The molecule has 0 amide bonds. The van der Waals surface area contributed by atoms with Crippen molar-refractivity contribution in [1.29, 1.82) is 0 Å². The van der Waals surface area contributed by atoms with Crippen LogP contribution in [0.25, 0.3) is 0 Å². The van der Waals surface area contributed by atoms with Crippen LogP contribution in [-0.2, 0) is 22.0 Å². The van der Waals surface area contributed by atoms with Crippen molar-refractivity contribution >= 4 is 5.90 Å². The molecule has 2 aromatic rings. The zero-order chi connectivity index (χ0) is 20.9. The number of aliphatic imine (C=N–C) groups is 1. The summed E-state index contributed by atoms with van der Waals surface area (Å²) >= 11 is 0. The van der Waals surface area contributed by atoms with E-state index >= 15 is 0 Å². The van der Waals surface area contributed by atoms with E-state index in [9.17, 15) is 0 Å². The van der Waals surface area contributed by atoms with Crippen molar-refractivity contribution in [3.8, 4) is 0 Å².